The first-order chi connectivity index (χ1) is 9.10. The number of hydrogen-bond acceptors (Lipinski definition) is 3. The molecule has 0 heterocycles. The molecule has 0 saturated carbocycles. The number of non-ortho nitro benzene ring substituents is 1. The molecule has 0 fully saturated rings. The topological polar surface area (TPSA) is 52.4 Å². The Morgan fingerprint density at radius 3 is 2.42 bits per heavy atom. The van der Waals surface area contributed by atoms with E-state index in [1.807, 2.05) is 0 Å². The fraction of sp³-hybridized carbons (Fsp3) is 0.0769. The Kier molecular flexibility index (Phi) is 4.24. The summed E-state index contributed by atoms with van der Waals surface area (Å²) in [6.45, 7) is 0. The maximum absolute atomic E-state index is 10.5. The van der Waals surface area contributed by atoms with E-state index in [2.05, 4.69) is 0 Å². The van der Waals surface area contributed by atoms with Crippen molar-refractivity contribution in [3.63, 3.8) is 0 Å². The molecule has 0 aliphatic heterocycles. The minimum atomic E-state index is -0.465. The zero-order valence-electron chi connectivity index (χ0n) is 9.68. The van der Waals surface area contributed by atoms with Crippen LogP contribution in [0.2, 0.25) is 5.02 Å². The summed E-state index contributed by atoms with van der Waals surface area (Å²) in [6, 6.07) is 11.0. The van der Waals surface area contributed by atoms with Crippen molar-refractivity contribution in [3.05, 3.63) is 63.2 Å². The summed E-state index contributed by atoms with van der Waals surface area (Å²) < 4.78 is 5.62. The van der Waals surface area contributed by atoms with Gasteiger partial charge in [0.25, 0.3) is 5.69 Å². The number of benzene rings is 2. The van der Waals surface area contributed by atoms with Gasteiger partial charge in [0.05, 0.1) is 10.8 Å². The molecule has 2 rings (SSSR count). The molecule has 6 heteroatoms. The molecular formula is C13H9Cl2NO3. The van der Waals surface area contributed by atoms with Crippen LogP contribution in [0.15, 0.2) is 42.5 Å². The van der Waals surface area contributed by atoms with Gasteiger partial charge in [0.1, 0.15) is 11.5 Å². The summed E-state index contributed by atoms with van der Waals surface area (Å²) >= 11 is 11.7. The number of nitro benzene ring substituents is 1. The highest BCUT2D eigenvalue weighted by molar-refractivity contribution is 6.30. The van der Waals surface area contributed by atoms with Crippen LogP contribution in [0, 0.1) is 10.1 Å². The van der Waals surface area contributed by atoms with E-state index in [4.69, 9.17) is 27.9 Å². The molecule has 4 nitrogen and oxygen atoms in total. The predicted molar refractivity (Wildman–Crippen MR) is 74.2 cm³/mol. The number of rotatable bonds is 4. The van der Waals surface area contributed by atoms with Crippen LogP contribution in [0.1, 0.15) is 5.56 Å². The zero-order valence-corrected chi connectivity index (χ0v) is 11.2. The van der Waals surface area contributed by atoms with Gasteiger partial charge >= 0.3 is 0 Å². The van der Waals surface area contributed by atoms with Crippen LogP contribution in [-0.2, 0) is 5.88 Å². The van der Waals surface area contributed by atoms with E-state index in [1.165, 1.54) is 24.3 Å². The molecule has 2 aromatic rings. The van der Waals surface area contributed by atoms with Crippen molar-refractivity contribution in [2.75, 3.05) is 0 Å². The molecule has 0 spiro atoms. The lowest BCUT2D eigenvalue weighted by Crippen LogP contribution is -1.91. The van der Waals surface area contributed by atoms with Gasteiger partial charge in [-0.25, -0.2) is 0 Å². The van der Waals surface area contributed by atoms with Crippen LogP contribution in [0.3, 0.4) is 0 Å². The Morgan fingerprint density at radius 2 is 1.84 bits per heavy atom. The monoisotopic (exact) mass is 297 g/mol. The predicted octanol–water partition coefficient (Wildman–Crippen LogP) is 4.78. The largest absolute Gasteiger partial charge is 0.457 e. The number of hydrogen-bond donors (Lipinski definition) is 0. The first kappa shape index (κ1) is 13.6. The average Bonchev–Trinajstić information content (AvgIpc) is 2.39. The summed E-state index contributed by atoms with van der Waals surface area (Å²) in [6.07, 6.45) is 0. The highest BCUT2D eigenvalue weighted by Gasteiger charge is 2.08. The van der Waals surface area contributed by atoms with Crippen molar-refractivity contribution in [2.24, 2.45) is 0 Å². The molecule has 98 valence electrons. The lowest BCUT2D eigenvalue weighted by atomic mass is 10.2. The number of nitro groups is 1. The van der Waals surface area contributed by atoms with E-state index in [-0.39, 0.29) is 5.69 Å². The number of ether oxygens (including phenoxy) is 1. The molecule has 0 saturated heterocycles. The van der Waals surface area contributed by atoms with Crippen LogP contribution >= 0.6 is 23.2 Å². The van der Waals surface area contributed by atoms with Crippen molar-refractivity contribution in [2.45, 2.75) is 5.88 Å². The Hall–Kier alpha value is -1.78. The first-order valence-electron chi connectivity index (χ1n) is 5.37. The van der Waals surface area contributed by atoms with E-state index in [1.54, 1.807) is 18.2 Å². The van der Waals surface area contributed by atoms with Gasteiger partial charge in [0.15, 0.2) is 0 Å². The molecule has 0 atom stereocenters. The molecule has 0 aromatic heterocycles. The number of nitrogens with zero attached hydrogens (tertiary/aromatic N) is 1. The Bertz CT molecular complexity index is 599. The summed E-state index contributed by atoms with van der Waals surface area (Å²) in [5.41, 5.74) is 0.806. The maximum atomic E-state index is 10.5. The molecule has 0 N–H and O–H groups in total. The lowest BCUT2D eigenvalue weighted by molar-refractivity contribution is -0.384. The van der Waals surface area contributed by atoms with Crippen molar-refractivity contribution >= 4 is 28.9 Å². The summed E-state index contributed by atoms with van der Waals surface area (Å²) in [5.74, 6) is 1.31. The maximum Gasteiger partial charge on any atom is 0.269 e. The second-order valence-corrected chi connectivity index (χ2v) is 4.44. The molecule has 2 aromatic carbocycles. The van der Waals surface area contributed by atoms with Gasteiger partial charge in [-0.05, 0) is 24.3 Å². The van der Waals surface area contributed by atoms with Crippen LogP contribution in [-0.4, -0.2) is 4.92 Å². The molecule has 0 aliphatic rings. The third-order valence-electron chi connectivity index (χ3n) is 2.45. The van der Waals surface area contributed by atoms with Gasteiger partial charge < -0.3 is 4.74 Å². The van der Waals surface area contributed by atoms with E-state index in [0.29, 0.717) is 22.4 Å². The van der Waals surface area contributed by atoms with Crippen molar-refractivity contribution in [1.82, 2.24) is 0 Å². The zero-order chi connectivity index (χ0) is 13.8. The Labute approximate surface area is 119 Å². The van der Waals surface area contributed by atoms with E-state index in [0.717, 1.165) is 5.56 Å². The number of alkyl halides is 1. The van der Waals surface area contributed by atoms with Crippen LogP contribution < -0.4 is 4.74 Å². The second-order valence-electron chi connectivity index (χ2n) is 3.74. The SMILES string of the molecule is O=[N+]([O-])c1ccc(Oc2cc(Cl)ccc2CCl)cc1. The third-order valence-corrected chi connectivity index (χ3v) is 2.97. The third kappa shape index (κ3) is 3.36. The first-order valence-corrected chi connectivity index (χ1v) is 6.28. The van der Waals surface area contributed by atoms with Gasteiger partial charge in [0.2, 0.25) is 0 Å². The van der Waals surface area contributed by atoms with Gasteiger partial charge in [-0.2, -0.15) is 0 Å². The quantitative estimate of drug-likeness (QED) is 0.463. The fourth-order valence-corrected chi connectivity index (χ4v) is 1.88. The van der Waals surface area contributed by atoms with Crippen LogP contribution in [0.5, 0.6) is 11.5 Å². The standard InChI is InChI=1S/C13H9Cl2NO3/c14-8-9-1-2-10(15)7-13(9)19-12-5-3-11(4-6-12)16(17)18/h1-7H,8H2. The number of halogens is 2. The van der Waals surface area contributed by atoms with Gasteiger partial charge in [-0.15, -0.1) is 11.6 Å². The Morgan fingerprint density at radius 1 is 1.16 bits per heavy atom. The normalized spacial score (nSPS) is 10.2. The molecular weight excluding hydrogens is 289 g/mol. The smallest absolute Gasteiger partial charge is 0.269 e. The van der Waals surface area contributed by atoms with E-state index >= 15 is 0 Å². The minimum Gasteiger partial charge on any atom is -0.457 e. The van der Waals surface area contributed by atoms with Crippen LogP contribution in [0.4, 0.5) is 5.69 Å². The molecule has 0 bridgehead atoms. The molecule has 0 radical (unpaired) electrons. The van der Waals surface area contributed by atoms with E-state index < -0.39 is 4.92 Å². The molecule has 0 amide bonds. The molecule has 0 unspecified atom stereocenters. The van der Waals surface area contributed by atoms with Crippen molar-refractivity contribution in [3.8, 4) is 11.5 Å². The molecule has 19 heavy (non-hydrogen) atoms. The van der Waals surface area contributed by atoms with Gasteiger partial charge in [-0.3, -0.25) is 10.1 Å². The second kappa shape index (κ2) is 5.91. The lowest BCUT2D eigenvalue weighted by Gasteiger charge is -2.09. The Balaban J connectivity index is 2.25. The average molecular weight is 298 g/mol. The van der Waals surface area contributed by atoms with E-state index in [9.17, 15) is 10.1 Å². The summed E-state index contributed by atoms with van der Waals surface area (Å²) in [5, 5.41) is 11.1. The van der Waals surface area contributed by atoms with Gasteiger partial charge in [0, 0.05) is 22.7 Å². The van der Waals surface area contributed by atoms with Gasteiger partial charge in [-0.1, -0.05) is 17.7 Å². The molecule has 0 aliphatic carbocycles. The van der Waals surface area contributed by atoms with Crippen molar-refractivity contribution in [1.29, 1.82) is 0 Å². The minimum absolute atomic E-state index is 0.0102. The summed E-state index contributed by atoms with van der Waals surface area (Å²) in [4.78, 5) is 10.1. The summed E-state index contributed by atoms with van der Waals surface area (Å²) in [7, 11) is 0. The van der Waals surface area contributed by atoms with Crippen LogP contribution in [0.25, 0.3) is 0 Å². The van der Waals surface area contributed by atoms with Crippen molar-refractivity contribution < 1.29 is 9.66 Å². The highest BCUT2D eigenvalue weighted by atomic mass is 35.5. The fourth-order valence-electron chi connectivity index (χ4n) is 1.50. The highest BCUT2D eigenvalue weighted by Crippen LogP contribution is 2.30.